The smallest absolute Gasteiger partial charge is 0.119 e. The van der Waals surface area contributed by atoms with E-state index < -0.39 is 0 Å². The molecule has 0 aliphatic rings. The highest BCUT2D eigenvalue weighted by Gasteiger charge is 1.95. The number of rotatable bonds is 11. The lowest BCUT2D eigenvalue weighted by atomic mass is 10.1. The lowest BCUT2D eigenvalue weighted by Gasteiger charge is -2.06. The molecule has 0 spiro atoms. The highest BCUT2D eigenvalue weighted by Crippen LogP contribution is 2.15. The van der Waals surface area contributed by atoms with Crippen LogP contribution in [0.5, 0.6) is 5.75 Å². The molecule has 2 heteroatoms. The molecule has 1 rings (SSSR count). The van der Waals surface area contributed by atoms with Crippen LogP contribution in [0, 0.1) is 0 Å². The Labute approximate surface area is 126 Å². The molecule has 0 fully saturated rings. The van der Waals surface area contributed by atoms with Crippen LogP contribution in [0.4, 0.5) is 0 Å². The van der Waals surface area contributed by atoms with Crippen molar-refractivity contribution in [3.8, 4) is 5.75 Å². The second kappa shape index (κ2) is 11.1. The van der Waals surface area contributed by atoms with Crippen LogP contribution in [0.15, 0.2) is 36.9 Å². The van der Waals surface area contributed by atoms with Gasteiger partial charge in [0, 0.05) is 5.33 Å². The van der Waals surface area contributed by atoms with E-state index in [1.165, 1.54) is 37.7 Å². The Morgan fingerprint density at radius 2 is 1.58 bits per heavy atom. The monoisotopic (exact) mass is 324 g/mol. The van der Waals surface area contributed by atoms with Gasteiger partial charge in [-0.05, 0) is 37.0 Å². The summed E-state index contributed by atoms with van der Waals surface area (Å²) in [6, 6.07) is 8.30. The maximum Gasteiger partial charge on any atom is 0.119 e. The van der Waals surface area contributed by atoms with Crippen LogP contribution in [0.1, 0.15) is 50.5 Å². The van der Waals surface area contributed by atoms with E-state index in [9.17, 15) is 0 Å². The zero-order valence-corrected chi connectivity index (χ0v) is 13.3. The molecule has 1 aromatic carbocycles. The Bertz CT molecular complexity index is 332. The van der Waals surface area contributed by atoms with Gasteiger partial charge in [-0.3, -0.25) is 0 Å². The lowest BCUT2D eigenvalue weighted by molar-refractivity contribution is 0.304. The molecule has 0 aliphatic heterocycles. The van der Waals surface area contributed by atoms with Crippen LogP contribution in [0.2, 0.25) is 0 Å². The fourth-order valence-corrected chi connectivity index (χ4v) is 2.34. The Balaban J connectivity index is 1.96. The summed E-state index contributed by atoms with van der Waals surface area (Å²) < 4.78 is 5.72. The van der Waals surface area contributed by atoms with E-state index in [1.807, 2.05) is 18.2 Å². The molecule has 1 nitrogen and oxygen atoms in total. The average molecular weight is 325 g/mol. The SMILES string of the molecule is C=CCCCCCCCCOc1ccc(CBr)cc1. The molecule has 0 aliphatic carbocycles. The number of alkyl halides is 1. The molecule has 0 amide bonds. The lowest BCUT2D eigenvalue weighted by Crippen LogP contribution is -1.97. The Morgan fingerprint density at radius 1 is 0.947 bits per heavy atom. The highest BCUT2D eigenvalue weighted by molar-refractivity contribution is 9.08. The second-order valence-corrected chi connectivity index (χ2v) is 5.39. The van der Waals surface area contributed by atoms with Crippen molar-refractivity contribution in [2.24, 2.45) is 0 Å². The van der Waals surface area contributed by atoms with Crippen LogP contribution in [0.25, 0.3) is 0 Å². The van der Waals surface area contributed by atoms with Crippen molar-refractivity contribution < 1.29 is 4.74 Å². The van der Waals surface area contributed by atoms with E-state index in [2.05, 4.69) is 34.6 Å². The maximum absolute atomic E-state index is 5.72. The minimum atomic E-state index is 0.834. The maximum atomic E-state index is 5.72. The summed E-state index contributed by atoms with van der Waals surface area (Å²) in [6.07, 6.45) is 10.9. The average Bonchev–Trinajstić information content (AvgIpc) is 2.46. The van der Waals surface area contributed by atoms with Gasteiger partial charge in [0.15, 0.2) is 0 Å². The minimum Gasteiger partial charge on any atom is -0.494 e. The number of unbranched alkanes of at least 4 members (excludes halogenated alkanes) is 6. The van der Waals surface area contributed by atoms with Crippen molar-refractivity contribution in [2.75, 3.05) is 6.61 Å². The van der Waals surface area contributed by atoms with Crippen molar-refractivity contribution in [2.45, 2.75) is 50.3 Å². The Kier molecular flexibility index (Phi) is 9.52. The summed E-state index contributed by atoms with van der Waals surface area (Å²) in [5.74, 6) is 0.982. The van der Waals surface area contributed by atoms with Gasteiger partial charge < -0.3 is 4.74 Å². The molecule has 0 saturated carbocycles. The fraction of sp³-hybridized carbons (Fsp3) is 0.529. The molecule has 0 heterocycles. The third kappa shape index (κ3) is 8.10. The molecule has 0 atom stereocenters. The number of ether oxygens (including phenoxy) is 1. The van der Waals surface area contributed by atoms with Gasteiger partial charge in [0.05, 0.1) is 6.61 Å². The number of hydrogen-bond donors (Lipinski definition) is 0. The van der Waals surface area contributed by atoms with Crippen LogP contribution < -0.4 is 4.74 Å². The quantitative estimate of drug-likeness (QED) is 0.280. The zero-order chi connectivity index (χ0) is 13.8. The first-order chi connectivity index (χ1) is 9.36. The molecule has 0 aromatic heterocycles. The predicted molar refractivity (Wildman–Crippen MR) is 87.1 cm³/mol. The molecule has 1 aromatic rings. The number of allylic oxidation sites excluding steroid dienone is 1. The van der Waals surface area contributed by atoms with Gasteiger partial charge in [-0.1, -0.05) is 59.8 Å². The predicted octanol–water partition coefficient (Wildman–Crippen LogP) is 5.88. The number of hydrogen-bond acceptors (Lipinski definition) is 1. The molecule has 0 saturated heterocycles. The van der Waals surface area contributed by atoms with E-state index >= 15 is 0 Å². The fourth-order valence-electron chi connectivity index (χ4n) is 1.96. The van der Waals surface area contributed by atoms with Crippen LogP contribution in [-0.4, -0.2) is 6.61 Å². The molecule has 0 unspecified atom stereocenters. The van der Waals surface area contributed by atoms with Crippen LogP contribution in [-0.2, 0) is 5.33 Å². The topological polar surface area (TPSA) is 9.23 Å². The largest absolute Gasteiger partial charge is 0.494 e. The van der Waals surface area contributed by atoms with E-state index in [1.54, 1.807) is 0 Å². The normalized spacial score (nSPS) is 10.4. The zero-order valence-electron chi connectivity index (χ0n) is 11.7. The minimum absolute atomic E-state index is 0.834. The summed E-state index contributed by atoms with van der Waals surface area (Å²) in [7, 11) is 0. The van der Waals surface area contributed by atoms with Crippen molar-refractivity contribution in [3.05, 3.63) is 42.5 Å². The Hall–Kier alpha value is -0.760. The van der Waals surface area contributed by atoms with Gasteiger partial charge in [-0.15, -0.1) is 6.58 Å². The number of benzene rings is 1. The van der Waals surface area contributed by atoms with Gasteiger partial charge in [0.1, 0.15) is 5.75 Å². The van der Waals surface area contributed by atoms with E-state index in [4.69, 9.17) is 4.74 Å². The molecular formula is C17H25BrO. The molecule has 19 heavy (non-hydrogen) atoms. The summed E-state index contributed by atoms with van der Waals surface area (Å²) in [4.78, 5) is 0. The first kappa shape index (κ1) is 16.3. The van der Waals surface area contributed by atoms with E-state index in [0.29, 0.717) is 0 Å². The third-order valence-electron chi connectivity index (χ3n) is 3.15. The molecule has 0 N–H and O–H groups in total. The first-order valence-corrected chi connectivity index (χ1v) is 8.37. The summed E-state index contributed by atoms with van der Waals surface area (Å²) in [5.41, 5.74) is 1.28. The van der Waals surface area contributed by atoms with Crippen molar-refractivity contribution in [1.82, 2.24) is 0 Å². The van der Waals surface area contributed by atoms with Gasteiger partial charge in [0.2, 0.25) is 0 Å². The highest BCUT2D eigenvalue weighted by atomic mass is 79.9. The molecule has 106 valence electrons. The second-order valence-electron chi connectivity index (χ2n) is 4.82. The van der Waals surface area contributed by atoms with Gasteiger partial charge in [0.25, 0.3) is 0 Å². The summed E-state index contributed by atoms with van der Waals surface area (Å²) >= 11 is 3.44. The van der Waals surface area contributed by atoms with Gasteiger partial charge >= 0.3 is 0 Å². The van der Waals surface area contributed by atoms with Crippen molar-refractivity contribution in [1.29, 1.82) is 0 Å². The molecule has 0 bridgehead atoms. The standard InChI is InChI=1S/C17H25BrO/c1-2-3-4-5-6-7-8-9-14-19-17-12-10-16(15-18)11-13-17/h2,10-13H,1,3-9,14-15H2. The van der Waals surface area contributed by atoms with Crippen molar-refractivity contribution >= 4 is 15.9 Å². The third-order valence-corrected chi connectivity index (χ3v) is 3.80. The van der Waals surface area contributed by atoms with Crippen molar-refractivity contribution in [3.63, 3.8) is 0 Å². The van der Waals surface area contributed by atoms with Gasteiger partial charge in [-0.2, -0.15) is 0 Å². The number of halogens is 1. The van der Waals surface area contributed by atoms with Gasteiger partial charge in [-0.25, -0.2) is 0 Å². The van der Waals surface area contributed by atoms with Crippen LogP contribution >= 0.6 is 15.9 Å². The first-order valence-electron chi connectivity index (χ1n) is 7.25. The molecule has 0 radical (unpaired) electrons. The summed E-state index contributed by atoms with van der Waals surface area (Å²) in [5, 5.41) is 0.902. The molecular weight excluding hydrogens is 300 g/mol. The van der Waals surface area contributed by atoms with E-state index in [0.717, 1.165) is 30.5 Å². The Morgan fingerprint density at radius 3 is 2.21 bits per heavy atom. The van der Waals surface area contributed by atoms with Crippen LogP contribution in [0.3, 0.4) is 0 Å². The summed E-state index contributed by atoms with van der Waals surface area (Å²) in [6.45, 7) is 4.57. The van der Waals surface area contributed by atoms with E-state index in [-0.39, 0.29) is 0 Å².